The lowest BCUT2D eigenvalue weighted by Crippen LogP contribution is -2.48. The Balaban J connectivity index is 0.00000364. The Bertz CT molecular complexity index is 646. The van der Waals surface area contributed by atoms with Crippen molar-refractivity contribution in [3.63, 3.8) is 0 Å². The summed E-state index contributed by atoms with van der Waals surface area (Å²) in [6.45, 7) is 4.03. The van der Waals surface area contributed by atoms with Crippen LogP contribution in [0.15, 0.2) is 30.9 Å². The summed E-state index contributed by atoms with van der Waals surface area (Å²) in [4.78, 5) is 13.1. The maximum Gasteiger partial charge on any atom is 0.411 e. The smallest absolute Gasteiger partial charge is 0.411 e. The molecule has 10 heteroatoms. The largest absolute Gasteiger partial charge is 0.427 e. The molecule has 1 amide bonds. The van der Waals surface area contributed by atoms with E-state index in [1.807, 2.05) is 6.07 Å². The van der Waals surface area contributed by atoms with Crippen LogP contribution >= 0.6 is 70.4 Å². The van der Waals surface area contributed by atoms with Gasteiger partial charge < -0.3 is 10.1 Å². The van der Waals surface area contributed by atoms with Gasteiger partial charge >= 0.3 is 6.09 Å². The lowest BCUT2D eigenvalue weighted by molar-refractivity contribution is 0.0826. The molecule has 1 saturated carbocycles. The molecule has 3 unspecified atom stereocenters. The fraction of sp³-hybridized carbons (Fsp3) is 0.471. The molecule has 152 valence electrons. The molecule has 4 nitrogen and oxygen atoms in total. The van der Waals surface area contributed by atoms with E-state index < -0.39 is 16.5 Å². The lowest BCUT2D eigenvalue weighted by Gasteiger charge is -2.33. The highest BCUT2D eigenvalue weighted by Crippen LogP contribution is 2.31. The van der Waals surface area contributed by atoms with Crippen LogP contribution in [0, 0.1) is 0 Å². The first kappa shape index (κ1) is 24.8. The average molecular weight is 497 g/mol. The summed E-state index contributed by atoms with van der Waals surface area (Å²) in [5.41, 5.74) is -0.291. The maximum atomic E-state index is 12.5. The number of nitrogens with zero attached hydrogens (tertiary/aromatic N) is 1. The summed E-state index contributed by atoms with van der Waals surface area (Å²) in [7, 11) is 0. The van der Waals surface area contributed by atoms with Crippen LogP contribution in [0.5, 0.6) is 0 Å². The number of amides is 1. The van der Waals surface area contributed by atoms with Crippen LogP contribution in [-0.4, -0.2) is 40.0 Å². The number of anilines is 1. The molecule has 1 aliphatic rings. The van der Waals surface area contributed by atoms with Crippen molar-refractivity contribution in [3.8, 4) is 0 Å². The van der Waals surface area contributed by atoms with Gasteiger partial charge in [-0.1, -0.05) is 64.1 Å². The third-order valence-corrected chi connectivity index (χ3v) is 5.92. The van der Waals surface area contributed by atoms with E-state index in [1.165, 1.54) is 0 Å². The Labute approximate surface area is 190 Å². The van der Waals surface area contributed by atoms with Gasteiger partial charge in [0.05, 0.1) is 16.1 Å². The third-order valence-electron chi connectivity index (χ3n) is 4.12. The third kappa shape index (κ3) is 6.95. The first-order valence-corrected chi connectivity index (χ1v) is 10.1. The van der Waals surface area contributed by atoms with Crippen LogP contribution in [0.3, 0.4) is 0 Å². The first-order chi connectivity index (χ1) is 12.3. The van der Waals surface area contributed by atoms with Crippen molar-refractivity contribution in [2.45, 2.75) is 41.7 Å². The minimum absolute atomic E-state index is 0. The second-order valence-electron chi connectivity index (χ2n) is 5.89. The fourth-order valence-corrected chi connectivity index (χ4v) is 3.46. The number of benzene rings is 1. The van der Waals surface area contributed by atoms with Crippen molar-refractivity contribution in [1.82, 2.24) is 4.90 Å². The fourth-order valence-electron chi connectivity index (χ4n) is 2.98. The number of hydrogen-bond acceptors (Lipinski definition) is 3. The highest BCUT2D eigenvalue weighted by atomic mass is 35.5. The summed E-state index contributed by atoms with van der Waals surface area (Å²) >= 11 is 29.2. The molecule has 0 spiro atoms. The summed E-state index contributed by atoms with van der Waals surface area (Å²) in [6.07, 6.45) is 3.73. The molecule has 27 heavy (non-hydrogen) atoms. The molecule has 1 aliphatic carbocycles. The summed E-state index contributed by atoms with van der Waals surface area (Å²) in [5.74, 6) is 0. The van der Waals surface area contributed by atoms with Crippen LogP contribution in [0.1, 0.15) is 19.3 Å². The molecule has 0 aliphatic heterocycles. The zero-order valence-electron chi connectivity index (χ0n) is 14.2. The Kier molecular flexibility index (Phi) is 10.7. The van der Waals surface area contributed by atoms with Gasteiger partial charge in [0, 0.05) is 18.3 Å². The number of halogens is 6. The molecule has 1 fully saturated rings. The van der Waals surface area contributed by atoms with E-state index in [0.29, 0.717) is 16.6 Å². The Morgan fingerprint density at radius 1 is 1.30 bits per heavy atom. The van der Waals surface area contributed by atoms with Crippen molar-refractivity contribution >= 4 is 82.2 Å². The number of rotatable bonds is 7. The molecule has 0 radical (unpaired) electrons. The van der Waals surface area contributed by atoms with Crippen LogP contribution in [-0.2, 0) is 4.74 Å². The van der Waals surface area contributed by atoms with Gasteiger partial charge in [-0.25, -0.2) is 4.79 Å². The van der Waals surface area contributed by atoms with E-state index in [9.17, 15) is 4.79 Å². The van der Waals surface area contributed by atoms with E-state index in [4.69, 9.17) is 62.7 Å². The van der Waals surface area contributed by atoms with Crippen LogP contribution in [0.2, 0.25) is 10.0 Å². The van der Waals surface area contributed by atoms with Crippen molar-refractivity contribution < 1.29 is 9.53 Å². The molecular formula is C17H20Cl6N2O2. The average Bonchev–Trinajstić information content (AvgIpc) is 3.03. The topological polar surface area (TPSA) is 41.6 Å². The molecule has 0 aromatic heterocycles. The van der Waals surface area contributed by atoms with Crippen LogP contribution in [0.25, 0.3) is 0 Å². The van der Waals surface area contributed by atoms with Crippen LogP contribution in [0.4, 0.5) is 10.5 Å². The first-order valence-electron chi connectivity index (χ1n) is 8.05. The summed E-state index contributed by atoms with van der Waals surface area (Å²) in [5, 5.41) is 4.37. The number of carbonyl (C=O) groups excluding carboxylic acids is 1. The molecule has 3 atom stereocenters. The van der Waals surface area contributed by atoms with Gasteiger partial charge in [0.15, 0.2) is 4.84 Å². The standard InChI is InChI=1S/C17H19Cl5N2O2.ClH/c1-2-8-24(17(25)26-16(22)15(20)21)14-5-3-4-13(14)23-10-6-7-11(18)12(19)9-10;/h2,6-7,9,13-16,23H,1,3-5,8H2;1H. The second-order valence-corrected chi connectivity index (χ2v) is 8.30. The monoisotopic (exact) mass is 494 g/mol. The van der Waals surface area contributed by atoms with E-state index in [-0.39, 0.29) is 24.5 Å². The van der Waals surface area contributed by atoms with E-state index in [0.717, 1.165) is 24.9 Å². The van der Waals surface area contributed by atoms with E-state index in [1.54, 1.807) is 23.1 Å². The zero-order valence-corrected chi connectivity index (χ0v) is 18.8. The molecule has 1 N–H and O–H groups in total. The molecule has 0 heterocycles. The van der Waals surface area contributed by atoms with Gasteiger partial charge in [0.25, 0.3) is 0 Å². The molecule has 1 aromatic carbocycles. The number of carbonyl (C=O) groups is 1. The SMILES string of the molecule is C=CCN(C(=O)OC(Cl)C(Cl)Cl)C1CCCC1Nc1ccc(Cl)c(Cl)c1.Cl. The van der Waals surface area contributed by atoms with Gasteiger partial charge in [-0.05, 0) is 37.5 Å². The molecule has 0 bridgehead atoms. The molecular weight excluding hydrogens is 477 g/mol. The van der Waals surface area contributed by atoms with Crippen molar-refractivity contribution in [3.05, 3.63) is 40.9 Å². The number of nitrogens with one attached hydrogen (secondary N) is 1. The quantitative estimate of drug-likeness (QED) is 0.335. The van der Waals surface area contributed by atoms with Gasteiger partial charge in [-0.15, -0.1) is 19.0 Å². The lowest BCUT2D eigenvalue weighted by atomic mass is 10.1. The minimum Gasteiger partial charge on any atom is -0.427 e. The predicted octanol–water partition coefficient (Wildman–Crippen LogP) is 6.74. The van der Waals surface area contributed by atoms with Gasteiger partial charge in [-0.3, -0.25) is 4.90 Å². The van der Waals surface area contributed by atoms with E-state index in [2.05, 4.69) is 11.9 Å². The number of hydrogen-bond donors (Lipinski definition) is 1. The van der Waals surface area contributed by atoms with Crippen molar-refractivity contribution in [2.75, 3.05) is 11.9 Å². The molecule has 2 rings (SSSR count). The Hall–Kier alpha value is -0.230. The van der Waals surface area contributed by atoms with Gasteiger partial charge in [0.1, 0.15) is 0 Å². The van der Waals surface area contributed by atoms with Gasteiger partial charge in [-0.2, -0.15) is 0 Å². The van der Waals surface area contributed by atoms with E-state index >= 15 is 0 Å². The zero-order chi connectivity index (χ0) is 19.3. The number of ether oxygens (including phenoxy) is 1. The predicted molar refractivity (Wildman–Crippen MR) is 117 cm³/mol. The summed E-state index contributed by atoms with van der Waals surface area (Å²) < 4.78 is 5.15. The molecule has 1 aromatic rings. The number of alkyl halides is 3. The maximum absolute atomic E-state index is 12.5. The summed E-state index contributed by atoms with van der Waals surface area (Å²) in [6, 6.07) is 5.26. The van der Waals surface area contributed by atoms with Gasteiger partial charge in [0.2, 0.25) is 5.56 Å². The Morgan fingerprint density at radius 2 is 2.00 bits per heavy atom. The molecule has 0 saturated heterocycles. The van der Waals surface area contributed by atoms with Crippen molar-refractivity contribution in [1.29, 1.82) is 0 Å². The Morgan fingerprint density at radius 3 is 2.59 bits per heavy atom. The minimum atomic E-state index is -1.12. The van der Waals surface area contributed by atoms with Crippen LogP contribution < -0.4 is 5.32 Å². The highest BCUT2D eigenvalue weighted by Gasteiger charge is 2.36. The van der Waals surface area contributed by atoms with Crippen molar-refractivity contribution in [2.24, 2.45) is 0 Å². The highest BCUT2D eigenvalue weighted by molar-refractivity contribution is 6.48. The normalized spacial score (nSPS) is 19.9. The second kappa shape index (κ2) is 11.7.